The Morgan fingerprint density at radius 2 is 1.31 bits per heavy atom. The van der Waals surface area contributed by atoms with Crippen LogP contribution in [0.4, 0.5) is 0 Å². The molecule has 0 spiro atoms. The summed E-state index contributed by atoms with van der Waals surface area (Å²) in [5.74, 6) is -0.754. The summed E-state index contributed by atoms with van der Waals surface area (Å²) >= 11 is 0. The van der Waals surface area contributed by atoms with Gasteiger partial charge in [-0.2, -0.15) is 0 Å². The first-order valence-electron chi connectivity index (χ1n) is 19.0. The van der Waals surface area contributed by atoms with E-state index in [2.05, 4.69) is 19.9 Å². The van der Waals surface area contributed by atoms with Crippen LogP contribution in [0.2, 0.25) is 0 Å². The maximum atomic E-state index is 10.9. The monoisotopic (exact) mass is 641 g/mol. The molecule has 7 nitrogen and oxygen atoms in total. The molecule has 2 rings (SSSR count). The lowest BCUT2D eigenvalue weighted by Gasteiger charge is -2.49. The van der Waals surface area contributed by atoms with Gasteiger partial charge in [0.25, 0.3) is 0 Å². The predicted molar refractivity (Wildman–Crippen MR) is 183 cm³/mol. The average Bonchev–Trinajstić information content (AvgIpc) is 3.02. The molecule has 6 atom stereocenters. The van der Waals surface area contributed by atoms with Crippen molar-refractivity contribution in [2.24, 2.45) is 0 Å². The zero-order chi connectivity index (χ0) is 32.6. The van der Waals surface area contributed by atoms with E-state index in [0.717, 1.165) is 25.7 Å². The molecule has 2 saturated heterocycles. The SMILES string of the molecule is CCCCCCCCCCCCCCCCC=CO[C@H]1C(O)O[C@@H]2COC(C)(C)O[C@H]2[C@@H]1OCC[C@@H](CCCCCCC)OC. The minimum Gasteiger partial charge on any atom is -0.490 e. The van der Waals surface area contributed by atoms with Crippen LogP contribution in [0.3, 0.4) is 0 Å². The molecule has 2 fully saturated rings. The molecule has 45 heavy (non-hydrogen) atoms. The van der Waals surface area contributed by atoms with Crippen molar-refractivity contribution in [1.82, 2.24) is 0 Å². The highest BCUT2D eigenvalue weighted by atomic mass is 16.8. The topological polar surface area (TPSA) is 75.6 Å². The maximum absolute atomic E-state index is 10.9. The molecule has 0 aromatic carbocycles. The number of rotatable bonds is 28. The fourth-order valence-electron chi connectivity index (χ4n) is 6.51. The van der Waals surface area contributed by atoms with E-state index in [1.54, 1.807) is 13.4 Å². The third-order valence-corrected chi connectivity index (χ3v) is 9.39. The van der Waals surface area contributed by atoms with E-state index in [0.29, 0.717) is 13.2 Å². The first kappa shape index (κ1) is 40.5. The highest BCUT2D eigenvalue weighted by Crippen LogP contribution is 2.34. The number of fused-ring (bicyclic) bond motifs is 1. The lowest BCUT2D eigenvalue weighted by Crippen LogP contribution is -2.65. The van der Waals surface area contributed by atoms with Gasteiger partial charge in [-0.15, -0.1) is 0 Å². The molecule has 0 saturated carbocycles. The van der Waals surface area contributed by atoms with Gasteiger partial charge >= 0.3 is 0 Å². The Morgan fingerprint density at radius 3 is 1.89 bits per heavy atom. The number of allylic oxidation sites excluding steroid dienone is 1. The highest BCUT2D eigenvalue weighted by molar-refractivity contribution is 4.96. The zero-order valence-electron chi connectivity index (χ0n) is 30.0. The Balaban J connectivity index is 1.69. The molecule has 2 aliphatic rings. The molecule has 0 radical (unpaired) electrons. The zero-order valence-corrected chi connectivity index (χ0v) is 30.0. The van der Waals surface area contributed by atoms with Crippen molar-refractivity contribution < 1.29 is 33.5 Å². The van der Waals surface area contributed by atoms with Gasteiger partial charge in [-0.1, -0.05) is 129 Å². The molecule has 0 aromatic heterocycles. The van der Waals surface area contributed by atoms with Crippen LogP contribution in [0.1, 0.15) is 169 Å². The molecule has 7 heteroatoms. The third-order valence-electron chi connectivity index (χ3n) is 9.39. The molecule has 0 aromatic rings. The number of aliphatic hydroxyl groups is 1. The van der Waals surface area contributed by atoms with Gasteiger partial charge in [-0.05, 0) is 45.6 Å². The molecule has 0 aliphatic carbocycles. The fraction of sp³-hybridized carbons (Fsp3) is 0.947. The van der Waals surface area contributed by atoms with E-state index in [-0.39, 0.29) is 6.10 Å². The lowest BCUT2D eigenvalue weighted by molar-refractivity contribution is -0.381. The van der Waals surface area contributed by atoms with Gasteiger partial charge in [0.05, 0.1) is 19.0 Å². The van der Waals surface area contributed by atoms with Crippen LogP contribution in [0.15, 0.2) is 12.3 Å². The fourth-order valence-corrected chi connectivity index (χ4v) is 6.51. The summed E-state index contributed by atoms with van der Waals surface area (Å²) < 4.78 is 36.2. The minimum atomic E-state index is -1.12. The Hall–Kier alpha value is -0.700. The number of ether oxygens (including phenoxy) is 6. The molecule has 0 amide bonds. The van der Waals surface area contributed by atoms with Crippen LogP contribution < -0.4 is 0 Å². The van der Waals surface area contributed by atoms with Crippen molar-refractivity contribution in [3.8, 4) is 0 Å². The van der Waals surface area contributed by atoms with Crippen molar-refractivity contribution >= 4 is 0 Å². The van der Waals surface area contributed by atoms with E-state index in [4.69, 9.17) is 28.4 Å². The van der Waals surface area contributed by atoms with Crippen LogP contribution in [0.25, 0.3) is 0 Å². The Morgan fingerprint density at radius 1 is 0.756 bits per heavy atom. The molecular formula is C38H72O7. The van der Waals surface area contributed by atoms with E-state index in [9.17, 15) is 5.11 Å². The second-order valence-electron chi connectivity index (χ2n) is 13.9. The minimum absolute atomic E-state index is 0.156. The Labute approximate surface area is 277 Å². The second-order valence-corrected chi connectivity index (χ2v) is 13.9. The lowest BCUT2D eigenvalue weighted by atomic mass is 9.97. The van der Waals surface area contributed by atoms with Crippen LogP contribution in [-0.2, 0) is 28.4 Å². The number of hydrogen-bond acceptors (Lipinski definition) is 7. The normalized spacial score (nSPS) is 25.4. The summed E-state index contributed by atoms with van der Waals surface area (Å²) in [6.07, 6.45) is 28.9. The van der Waals surface area contributed by atoms with Gasteiger partial charge in [-0.3, -0.25) is 0 Å². The molecule has 1 N–H and O–H groups in total. The van der Waals surface area contributed by atoms with Crippen LogP contribution in [0.5, 0.6) is 0 Å². The van der Waals surface area contributed by atoms with Gasteiger partial charge in [-0.25, -0.2) is 0 Å². The van der Waals surface area contributed by atoms with Crippen LogP contribution in [-0.4, -0.2) is 68.0 Å². The van der Waals surface area contributed by atoms with Gasteiger partial charge in [0.1, 0.15) is 18.3 Å². The summed E-state index contributed by atoms with van der Waals surface area (Å²) in [6, 6.07) is 0. The van der Waals surface area contributed by atoms with Crippen molar-refractivity contribution in [3.05, 3.63) is 12.3 Å². The first-order chi connectivity index (χ1) is 21.9. The Kier molecular flexibility index (Phi) is 22.8. The molecule has 0 bridgehead atoms. The molecule has 2 heterocycles. The first-order valence-corrected chi connectivity index (χ1v) is 19.0. The van der Waals surface area contributed by atoms with E-state index in [1.165, 1.54) is 116 Å². The van der Waals surface area contributed by atoms with Gasteiger partial charge in [0, 0.05) is 13.7 Å². The van der Waals surface area contributed by atoms with E-state index < -0.39 is 36.5 Å². The van der Waals surface area contributed by atoms with Gasteiger partial charge < -0.3 is 33.5 Å². The summed E-state index contributed by atoms with van der Waals surface area (Å²) in [5, 5.41) is 10.9. The smallest absolute Gasteiger partial charge is 0.195 e. The number of methoxy groups -OCH3 is 1. The van der Waals surface area contributed by atoms with Crippen molar-refractivity contribution in [1.29, 1.82) is 0 Å². The van der Waals surface area contributed by atoms with Gasteiger partial charge in [0.2, 0.25) is 0 Å². The average molecular weight is 641 g/mol. The summed E-state index contributed by atoms with van der Waals surface area (Å²) in [7, 11) is 1.78. The highest BCUT2D eigenvalue weighted by Gasteiger charge is 2.52. The summed E-state index contributed by atoms with van der Waals surface area (Å²) in [4.78, 5) is 0. The quantitative estimate of drug-likeness (QED) is 0.0674. The van der Waals surface area contributed by atoms with E-state index >= 15 is 0 Å². The molecule has 266 valence electrons. The van der Waals surface area contributed by atoms with Gasteiger partial charge in [0.15, 0.2) is 18.2 Å². The predicted octanol–water partition coefficient (Wildman–Crippen LogP) is 9.78. The standard InChI is InChI=1S/C38H72O7/c1-6-8-10-12-13-14-15-16-17-18-19-20-21-22-24-26-29-41-36-35(34-33(44-37(36)39)31-43-38(3,4)45-34)42-30-28-32(40-5)27-25-23-11-9-7-2/h26,29,32-37,39H,6-25,27-28,30-31H2,1-5H3/t32-,33-,34-,35+,36-,37?/m1/s1. The van der Waals surface area contributed by atoms with Crippen molar-refractivity contribution in [2.75, 3.05) is 20.3 Å². The van der Waals surface area contributed by atoms with Crippen molar-refractivity contribution in [2.45, 2.75) is 212 Å². The third kappa shape index (κ3) is 17.9. The number of aliphatic hydroxyl groups excluding tert-OH is 1. The number of unbranched alkanes of at least 4 members (excludes halogenated alkanes) is 18. The van der Waals surface area contributed by atoms with Crippen LogP contribution >= 0.6 is 0 Å². The molecular weight excluding hydrogens is 568 g/mol. The molecule has 2 aliphatic heterocycles. The summed E-state index contributed by atoms with van der Waals surface area (Å²) in [6.45, 7) is 9.17. The Bertz CT molecular complexity index is 714. The summed E-state index contributed by atoms with van der Waals surface area (Å²) in [5.41, 5.74) is 0. The molecule has 1 unspecified atom stereocenters. The largest absolute Gasteiger partial charge is 0.490 e. The maximum Gasteiger partial charge on any atom is 0.195 e. The number of hydrogen-bond donors (Lipinski definition) is 1. The van der Waals surface area contributed by atoms with Crippen molar-refractivity contribution in [3.63, 3.8) is 0 Å². The van der Waals surface area contributed by atoms with Crippen LogP contribution in [0, 0.1) is 0 Å². The second kappa shape index (κ2) is 25.3. The van der Waals surface area contributed by atoms with E-state index in [1.807, 2.05) is 13.8 Å².